The van der Waals surface area contributed by atoms with E-state index >= 15 is 0 Å². The molecule has 0 spiro atoms. The van der Waals surface area contributed by atoms with E-state index in [1.807, 2.05) is 4.90 Å². The van der Waals surface area contributed by atoms with E-state index in [1.54, 1.807) is 0 Å². The first-order chi connectivity index (χ1) is 9.25. The number of nitrogens with zero attached hydrogens (tertiary/aromatic N) is 1. The number of carbonyl (C=O) groups excluding carboxylic acids is 2. The molecule has 2 rings (SSSR count). The van der Waals surface area contributed by atoms with Crippen LogP contribution in [0, 0.1) is 5.92 Å². The Morgan fingerprint density at radius 2 is 1.75 bits per heavy atom. The zero-order chi connectivity index (χ0) is 13.5. The summed E-state index contributed by atoms with van der Waals surface area (Å²) >= 11 is 0. The smallest absolute Gasteiger partial charge is 0.241 e. The maximum atomic E-state index is 11.9. The number of hydrogen-bond acceptors (Lipinski definition) is 3. The average molecular weight is 304 g/mol. The van der Waals surface area contributed by atoms with Crippen LogP contribution in [0.3, 0.4) is 0 Å². The van der Waals surface area contributed by atoms with Crippen molar-refractivity contribution >= 4 is 24.2 Å². The zero-order valence-electron chi connectivity index (χ0n) is 12.0. The molecule has 2 fully saturated rings. The van der Waals surface area contributed by atoms with Gasteiger partial charge in [-0.1, -0.05) is 0 Å². The summed E-state index contributed by atoms with van der Waals surface area (Å²) in [6, 6.07) is 0. The third-order valence-corrected chi connectivity index (χ3v) is 4.08. The minimum absolute atomic E-state index is 0. The van der Waals surface area contributed by atoms with E-state index < -0.39 is 0 Å². The second-order valence-corrected chi connectivity index (χ2v) is 5.62. The number of halogens is 1. The van der Waals surface area contributed by atoms with E-state index in [2.05, 4.69) is 10.6 Å². The number of likely N-dealkylation sites (tertiary alicyclic amines) is 1. The summed E-state index contributed by atoms with van der Waals surface area (Å²) in [6.45, 7) is 3.88. The second kappa shape index (κ2) is 9.19. The van der Waals surface area contributed by atoms with Gasteiger partial charge in [-0.2, -0.15) is 0 Å². The van der Waals surface area contributed by atoms with Crippen molar-refractivity contribution in [3.8, 4) is 0 Å². The highest BCUT2D eigenvalue weighted by atomic mass is 35.5. The van der Waals surface area contributed by atoms with E-state index in [0.717, 1.165) is 51.9 Å². The van der Waals surface area contributed by atoms with Gasteiger partial charge in [0.05, 0.1) is 6.54 Å². The van der Waals surface area contributed by atoms with Gasteiger partial charge < -0.3 is 15.5 Å². The molecule has 2 amide bonds. The summed E-state index contributed by atoms with van der Waals surface area (Å²) in [6.07, 6.45) is 6.09. The monoisotopic (exact) mass is 303 g/mol. The lowest BCUT2D eigenvalue weighted by atomic mass is 9.94. The Morgan fingerprint density at radius 1 is 1.10 bits per heavy atom. The quantitative estimate of drug-likeness (QED) is 0.812. The van der Waals surface area contributed by atoms with E-state index in [0.29, 0.717) is 12.3 Å². The van der Waals surface area contributed by atoms with Crippen LogP contribution in [-0.4, -0.2) is 49.4 Å². The van der Waals surface area contributed by atoms with E-state index in [4.69, 9.17) is 0 Å². The van der Waals surface area contributed by atoms with Gasteiger partial charge in [0.25, 0.3) is 0 Å². The molecule has 2 N–H and O–H groups in total. The molecule has 20 heavy (non-hydrogen) atoms. The number of rotatable bonds is 4. The largest absolute Gasteiger partial charge is 0.347 e. The van der Waals surface area contributed by atoms with Gasteiger partial charge in [-0.25, -0.2) is 0 Å². The van der Waals surface area contributed by atoms with E-state index in [9.17, 15) is 9.59 Å². The third-order valence-electron chi connectivity index (χ3n) is 4.08. The molecule has 5 nitrogen and oxygen atoms in total. The first-order valence-electron chi connectivity index (χ1n) is 7.51. The SMILES string of the molecule is Cl.O=C(CC1CCNCC1)NCC(=O)N1CCCCC1. The molecule has 2 aliphatic rings. The summed E-state index contributed by atoms with van der Waals surface area (Å²) in [4.78, 5) is 25.6. The van der Waals surface area contributed by atoms with Crippen molar-refractivity contribution in [3.05, 3.63) is 0 Å². The number of carbonyl (C=O) groups is 2. The highest BCUT2D eigenvalue weighted by molar-refractivity contribution is 5.85. The topological polar surface area (TPSA) is 61.4 Å². The predicted octanol–water partition coefficient (Wildman–Crippen LogP) is 0.927. The fraction of sp³-hybridized carbons (Fsp3) is 0.857. The Kier molecular flexibility index (Phi) is 7.92. The van der Waals surface area contributed by atoms with Crippen molar-refractivity contribution in [3.63, 3.8) is 0 Å². The summed E-state index contributed by atoms with van der Waals surface area (Å²) in [5.41, 5.74) is 0. The molecule has 0 aromatic rings. The van der Waals surface area contributed by atoms with Crippen LogP contribution in [0.25, 0.3) is 0 Å². The Morgan fingerprint density at radius 3 is 2.40 bits per heavy atom. The molecule has 0 saturated carbocycles. The molecule has 0 atom stereocenters. The van der Waals surface area contributed by atoms with Crippen LogP contribution in [0.2, 0.25) is 0 Å². The van der Waals surface area contributed by atoms with Crippen LogP contribution in [-0.2, 0) is 9.59 Å². The first kappa shape index (κ1) is 17.2. The minimum atomic E-state index is 0. The number of hydrogen-bond donors (Lipinski definition) is 2. The van der Waals surface area contributed by atoms with Crippen molar-refractivity contribution in [2.45, 2.75) is 38.5 Å². The molecule has 116 valence electrons. The summed E-state index contributed by atoms with van der Waals surface area (Å²) in [5.74, 6) is 0.571. The molecule has 2 aliphatic heterocycles. The van der Waals surface area contributed by atoms with Gasteiger partial charge >= 0.3 is 0 Å². The highest BCUT2D eigenvalue weighted by Gasteiger charge is 2.19. The molecular formula is C14H26ClN3O2. The van der Waals surface area contributed by atoms with Crippen molar-refractivity contribution in [2.24, 2.45) is 5.92 Å². The van der Waals surface area contributed by atoms with Gasteiger partial charge in [0.2, 0.25) is 11.8 Å². The van der Waals surface area contributed by atoms with Crippen LogP contribution in [0.4, 0.5) is 0 Å². The molecular weight excluding hydrogens is 278 g/mol. The molecule has 0 aromatic carbocycles. The fourth-order valence-electron chi connectivity index (χ4n) is 2.85. The predicted molar refractivity (Wildman–Crippen MR) is 80.9 cm³/mol. The van der Waals surface area contributed by atoms with Gasteiger partial charge in [-0.05, 0) is 51.1 Å². The van der Waals surface area contributed by atoms with Crippen molar-refractivity contribution in [2.75, 3.05) is 32.7 Å². The Hall–Kier alpha value is -0.810. The summed E-state index contributed by atoms with van der Waals surface area (Å²) < 4.78 is 0. The van der Waals surface area contributed by atoms with E-state index in [-0.39, 0.29) is 30.8 Å². The summed E-state index contributed by atoms with van der Waals surface area (Å²) in [7, 11) is 0. The normalized spacial score (nSPS) is 20.1. The maximum absolute atomic E-state index is 11.9. The first-order valence-corrected chi connectivity index (χ1v) is 7.51. The van der Waals surface area contributed by atoms with Crippen LogP contribution in [0.1, 0.15) is 38.5 Å². The molecule has 2 saturated heterocycles. The van der Waals surface area contributed by atoms with Crippen LogP contribution >= 0.6 is 12.4 Å². The van der Waals surface area contributed by atoms with Gasteiger partial charge in [0.15, 0.2) is 0 Å². The zero-order valence-corrected chi connectivity index (χ0v) is 12.8. The Labute approximate surface area is 127 Å². The molecule has 0 radical (unpaired) electrons. The van der Waals surface area contributed by atoms with E-state index in [1.165, 1.54) is 6.42 Å². The molecule has 0 unspecified atom stereocenters. The molecule has 2 heterocycles. The lowest BCUT2D eigenvalue weighted by Crippen LogP contribution is -2.43. The number of amides is 2. The number of piperidine rings is 2. The minimum Gasteiger partial charge on any atom is -0.347 e. The van der Waals surface area contributed by atoms with Crippen LogP contribution < -0.4 is 10.6 Å². The number of nitrogens with one attached hydrogen (secondary N) is 2. The van der Waals surface area contributed by atoms with Crippen molar-refractivity contribution < 1.29 is 9.59 Å². The molecule has 0 aromatic heterocycles. The Balaban J connectivity index is 0.00000200. The molecule has 6 heteroatoms. The van der Waals surface area contributed by atoms with Crippen LogP contribution in [0.5, 0.6) is 0 Å². The van der Waals surface area contributed by atoms with Crippen LogP contribution in [0.15, 0.2) is 0 Å². The van der Waals surface area contributed by atoms with Gasteiger partial charge in [-0.3, -0.25) is 9.59 Å². The lowest BCUT2D eigenvalue weighted by Gasteiger charge is -2.27. The third kappa shape index (κ3) is 5.67. The second-order valence-electron chi connectivity index (χ2n) is 5.62. The Bertz CT molecular complexity index is 314. The average Bonchev–Trinajstić information content (AvgIpc) is 2.47. The standard InChI is InChI=1S/C14H25N3O2.ClH/c18-13(10-12-4-6-15-7-5-12)16-11-14(19)17-8-2-1-3-9-17;/h12,15H,1-11H2,(H,16,18);1H. The van der Waals surface area contributed by atoms with Gasteiger partial charge in [0.1, 0.15) is 0 Å². The van der Waals surface area contributed by atoms with Gasteiger partial charge in [-0.15, -0.1) is 12.4 Å². The fourth-order valence-corrected chi connectivity index (χ4v) is 2.85. The lowest BCUT2D eigenvalue weighted by molar-refractivity contribution is -0.133. The molecule has 0 aliphatic carbocycles. The molecule has 0 bridgehead atoms. The van der Waals surface area contributed by atoms with Crippen molar-refractivity contribution in [1.29, 1.82) is 0 Å². The summed E-state index contributed by atoms with van der Waals surface area (Å²) in [5, 5.41) is 6.07. The maximum Gasteiger partial charge on any atom is 0.241 e. The highest BCUT2D eigenvalue weighted by Crippen LogP contribution is 2.15. The van der Waals surface area contributed by atoms with Gasteiger partial charge in [0, 0.05) is 19.5 Å². The van der Waals surface area contributed by atoms with Crippen molar-refractivity contribution in [1.82, 2.24) is 15.5 Å².